The lowest BCUT2D eigenvalue weighted by atomic mass is 10.1. The third-order valence-corrected chi connectivity index (χ3v) is 3.51. The Morgan fingerprint density at radius 3 is 2.88 bits per heavy atom. The number of amides is 1. The van der Waals surface area contributed by atoms with Gasteiger partial charge in [-0.05, 0) is 47.3 Å². The van der Waals surface area contributed by atoms with E-state index in [4.69, 9.17) is 0 Å². The number of nitrogens with zero attached hydrogens (tertiary/aromatic N) is 2. The second-order valence-electron chi connectivity index (χ2n) is 4.13. The SMILES string of the molecule is O=C(CNc1ncccc1Br)N1CCCCC1. The Bertz CT molecular complexity index is 391. The van der Waals surface area contributed by atoms with E-state index in [1.165, 1.54) is 6.42 Å². The molecule has 2 rings (SSSR count). The number of rotatable bonds is 3. The van der Waals surface area contributed by atoms with Gasteiger partial charge in [-0.1, -0.05) is 0 Å². The average molecular weight is 298 g/mol. The maximum absolute atomic E-state index is 11.9. The van der Waals surface area contributed by atoms with Gasteiger partial charge in [-0.2, -0.15) is 0 Å². The monoisotopic (exact) mass is 297 g/mol. The first-order valence-electron chi connectivity index (χ1n) is 5.89. The molecular formula is C12H16BrN3O. The third-order valence-electron chi connectivity index (χ3n) is 2.87. The largest absolute Gasteiger partial charge is 0.360 e. The Kier molecular flexibility index (Phi) is 4.36. The fraction of sp³-hybridized carbons (Fsp3) is 0.500. The lowest BCUT2D eigenvalue weighted by molar-refractivity contribution is -0.130. The van der Waals surface area contributed by atoms with E-state index in [-0.39, 0.29) is 5.91 Å². The molecule has 1 N–H and O–H groups in total. The first kappa shape index (κ1) is 12.4. The van der Waals surface area contributed by atoms with E-state index < -0.39 is 0 Å². The minimum atomic E-state index is 0.155. The van der Waals surface area contributed by atoms with Crippen molar-refractivity contribution in [3.63, 3.8) is 0 Å². The van der Waals surface area contributed by atoms with Gasteiger partial charge in [-0.25, -0.2) is 4.98 Å². The number of hydrogen-bond donors (Lipinski definition) is 1. The van der Waals surface area contributed by atoms with Crippen molar-refractivity contribution >= 4 is 27.7 Å². The molecule has 0 spiro atoms. The van der Waals surface area contributed by atoms with Gasteiger partial charge < -0.3 is 10.2 Å². The van der Waals surface area contributed by atoms with Crippen molar-refractivity contribution in [2.45, 2.75) is 19.3 Å². The minimum absolute atomic E-state index is 0.155. The maximum atomic E-state index is 11.9. The summed E-state index contributed by atoms with van der Waals surface area (Å²) in [6, 6.07) is 3.75. The number of likely N-dealkylation sites (tertiary alicyclic amines) is 1. The van der Waals surface area contributed by atoms with Crippen molar-refractivity contribution < 1.29 is 4.79 Å². The lowest BCUT2D eigenvalue weighted by Gasteiger charge is -2.26. The zero-order valence-electron chi connectivity index (χ0n) is 9.66. The first-order valence-corrected chi connectivity index (χ1v) is 6.69. The zero-order chi connectivity index (χ0) is 12.1. The number of halogens is 1. The molecule has 0 aromatic carbocycles. The van der Waals surface area contributed by atoms with E-state index in [2.05, 4.69) is 26.2 Å². The molecule has 1 aliphatic heterocycles. The topological polar surface area (TPSA) is 45.2 Å². The van der Waals surface area contributed by atoms with Crippen LogP contribution in [0.3, 0.4) is 0 Å². The van der Waals surface area contributed by atoms with Gasteiger partial charge in [0.1, 0.15) is 5.82 Å². The second-order valence-corrected chi connectivity index (χ2v) is 4.98. The van der Waals surface area contributed by atoms with E-state index in [9.17, 15) is 4.79 Å². The Balaban J connectivity index is 1.85. The van der Waals surface area contributed by atoms with Gasteiger partial charge in [-0.3, -0.25) is 4.79 Å². The normalized spacial score (nSPS) is 15.7. The van der Waals surface area contributed by atoms with Crippen molar-refractivity contribution in [3.8, 4) is 0 Å². The van der Waals surface area contributed by atoms with Crippen LogP contribution in [0.25, 0.3) is 0 Å². The molecule has 0 radical (unpaired) electrons. The maximum Gasteiger partial charge on any atom is 0.241 e. The molecule has 0 atom stereocenters. The predicted molar refractivity (Wildman–Crippen MR) is 70.9 cm³/mol. The Morgan fingerprint density at radius 1 is 1.41 bits per heavy atom. The second kappa shape index (κ2) is 6.00. The smallest absolute Gasteiger partial charge is 0.241 e. The molecule has 0 saturated carbocycles. The molecule has 1 fully saturated rings. The highest BCUT2D eigenvalue weighted by Gasteiger charge is 2.16. The highest BCUT2D eigenvalue weighted by Crippen LogP contribution is 2.18. The van der Waals surface area contributed by atoms with E-state index in [1.54, 1.807) is 6.20 Å². The van der Waals surface area contributed by atoms with Gasteiger partial charge in [0, 0.05) is 19.3 Å². The van der Waals surface area contributed by atoms with Crippen molar-refractivity contribution in [2.75, 3.05) is 25.0 Å². The molecule has 1 amide bonds. The lowest BCUT2D eigenvalue weighted by Crippen LogP contribution is -2.39. The molecule has 0 unspecified atom stereocenters. The number of carbonyl (C=O) groups is 1. The van der Waals surface area contributed by atoms with Gasteiger partial charge in [0.2, 0.25) is 5.91 Å². The number of piperidine rings is 1. The molecule has 0 bridgehead atoms. The summed E-state index contributed by atoms with van der Waals surface area (Å²) in [5.74, 6) is 0.875. The first-order chi connectivity index (χ1) is 8.27. The van der Waals surface area contributed by atoms with Gasteiger partial charge in [0.05, 0.1) is 11.0 Å². The van der Waals surface area contributed by atoms with Crippen LogP contribution in [0.5, 0.6) is 0 Å². The van der Waals surface area contributed by atoms with Crippen molar-refractivity contribution in [3.05, 3.63) is 22.8 Å². The molecule has 17 heavy (non-hydrogen) atoms. The van der Waals surface area contributed by atoms with Crippen LogP contribution >= 0.6 is 15.9 Å². The highest BCUT2D eigenvalue weighted by molar-refractivity contribution is 9.10. The Morgan fingerprint density at radius 2 is 2.18 bits per heavy atom. The van der Waals surface area contributed by atoms with E-state index in [0.29, 0.717) is 6.54 Å². The molecular weight excluding hydrogens is 282 g/mol. The number of aromatic nitrogens is 1. The molecule has 1 aromatic heterocycles. The van der Waals surface area contributed by atoms with E-state index in [1.807, 2.05) is 17.0 Å². The van der Waals surface area contributed by atoms with Crippen LogP contribution in [0, 0.1) is 0 Å². The predicted octanol–water partition coefficient (Wildman–Crippen LogP) is 2.27. The van der Waals surface area contributed by atoms with Crippen molar-refractivity contribution in [1.29, 1.82) is 0 Å². The molecule has 1 aromatic rings. The third kappa shape index (κ3) is 3.43. The standard InChI is InChI=1S/C12H16BrN3O/c13-10-5-4-6-14-12(10)15-9-11(17)16-7-2-1-3-8-16/h4-6H,1-3,7-9H2,(H,14,15). The summed E-state index contributed by atoms with van der Waals surface area (Å²) >= 11 is 3.39. The summed E-state index contributed by atoms with van der Waals surface area (Å²) in [5, 5.41) is 3.06. The van der Waals surface area contributed by atoms with Crippen LogP contribution in [0.15, 0.2) is 22.8 Å². The number of anilines is 1. The van der Waals surface area contributed by atoms with Crippen molar-refractivity contribution in [2.24, 2.45) is 0 Å². The highest BCUT2D eigenvalue weighted by atomic mass is 79.9. The molecule has 4 nitrogen and oxygen atoms in total. The van der Waals surface area contributed by atoms with Crippen LogP contribution in [0.4, 0.5) is 5.82 Å². The Hall–Kier alpha value is -1.10. The molecule has 92 valence electrons. The fourth-order valence-corrected chi connectivity index (χ4v) is 2.33. The summed E-state index contributed by atoms with van der Waals surface area (Å²) in [7, 11) is 0. The summed E-state index contributed by atoms with van der Waals surface area (Å²) < 4.78 is 0.881. The van der Waals surface area contributed by atoms with Crippen LogP contribution in [-0.2, 0) is 4.79 Å². The molecule has 2 heterocycles. The molecule has 5 heteroatoms. The molecule has 1 saturated heterocycles. The quantitative estimate of drug-likeness (QED) is 0.931. The summed E-state index contributed by atoms with van der Waals surface area (Å²) in [4.78, 5) is 18.0. The minimum Gasteiger partial charge on any atom is -0.360 e. The number of pyridine rings is 1. The summed E-state index contributed by atoms with van der Waals surface area (Å²) in [5.41, 5.74) is 0. The number of nitrogens with one attached hydrogen (secondary N) is 1. The summed E-state index contributed by atoms with van der Waals surface area (Å²) in [6.07, 6.45) is 5.19. The van der Waals surface area contributed by atoms with E-state index in [0.717, 1.165) is 36.2 Å². The number of carbonyl (C=O) groups excluding carboxylic acids is 1. The van der Waals surface area contributed by atoms with Gasteiger partial charge in [0.15, 0.2) is 0 Å². The average Bonchev–Trinajstić information content (AvgIpc) is 2.38. The van der Waals surface area contributed by atoms with Crippen LogP contribution in [0.1, 0.15) is 19.3 Å². The molecule has 1 aliphatic rings. The van der Waals surface area contributed by atoms with Crippen LogP contribution in [0.2, 0.25) is 0 Å². The fourth-order valence-electron chi connectivity index (χ4n) is 1.93. The van der Waals surface area contributed by atoms with Crippen LogP contribution in [-0.4, -0.2) is 35.4 Å². The zero-order valence-corrected chi connectivity index (χ0v) is 11.2. The summed E-state index contributed by atoms with van der Waals surface area (Å²) in [6.45, 7) is 2.10. The Labute approximate surface area is 110 Å². The molecule has 0 aliphatic carbocycles. The van der Waals surface area contributed by atoms with E-state index >= 15 is 0 Å². The van der Waals surface area contributed by atoms with Crippen LogP contribution < -0.4 is 5.32 Å². The van der Waals surface area contributed by atoms with Gasteiger partial charge >= 0.3 is 0 Å². The number of hydrogen-bond acceptors (Lipinski definition) is 3. The van der Waals surface area contributed by atoms with Gasteiger partial charge in [-0.15, -0.1) is 0 Å². The van der Waals surface area contributed by atoms with Crippen molar-refractivity contribution in [1.82, 2.24) is 9.88 Å². The van der Waals surface area contributed by atoms with Gasteiger partial charge in [0.25, 0.3) is 0 Å².